The Kier molecular flexibility index (Phi) is 4.42. The van der Waals surface area contributed by atoms with Gasteiger partial charge in [-0.1, -0.05) is 34.6 Å². The Morgan fingerprint density at radius 3 is 2.48 bits per heavy atom. The number of imidazole rings is 1. The third-order valence-corrected chi connectivity index (χ3v) is 3.64. The molecule has 5 heteroatoms. The van der Waals surface area contributed by atoms with Crippen molar-refractivity contribution in [1.29, 1.82) is 0 Å². The summed E-state index contributed by atoms with van der Waals surface area (Å²) >= 11 is 3.45. The van der Waals surface area contributed by atoms with Gasteiger partial charge in [-0.05, 0) is 27.9 Å². The molecule has 2 rings (SSSR count). The zero-order chi connectivity index (χ0) is 15.8. The highest BCUT2D eigenvalue weighted by molar-refractivity contribution is 9.10. The largest absolute Gasteiger partial charge is 0.383 e. The van der Waals surface area contributed by atoms with Gasteiger partial charge >= 0.3 is 0 Å². The van der Waals surface area contributed by atoms with Crippen LogP contribution in [0.15, 0.2) is 22.9 Å². The van der Waals surface area contributed by atoms with Crippen molar-refractivity contribution in [3.05, 3.63) is 28.8 Å². The van der Waals surface area contributed by atoms with Gasteiger partial charge < -0.3 is 10.3 Å². The van der Waals surface area contributed by atoms with Gasteiger partial charge in [-0.3, -0.25) is 4.98 Å². The number of aromatic nitrogens is 3. The van der Waals surface area contributed by atoms with Crippen molar-refractivity contribution in [2.24, 2.45) is 5.92 Å². The molecule has 0 aromatic carbocycles. The maximum Gasteiger partial charge on any atom is 0.131 e. The third kappa shape index (κ3) is 3.46. The van der Waals surface area contributed by atoms with Gasteiger partial charge in [0.15, 0.2) is 0 Å². The number of nitrogen functional groups attached to an aromatic ring is 1. The van der Waals surface area contributed by atoms with E-state index in [0.29, 0.717) is 11.7 Å². The minimum absolute atomic E-state index is 0.0549. The molecule has 0 saturated carbocycles. The van der Waals surface area contributed by atoms with E-state index in [9.17, 15) is 0 Å². The molecular formula is C16H23BrN4. The normalized spacial score (nSPS) is 12.1. The summed E-state index contributed by atoms with van der Waals surface area (Å²) in [5.74, 6) is 2.24. The molecule has 0 spiro atoms. The average molecular weight is 351 g/mol. The summed E-state index contributed by atoms with van der Waals surface area (Å²) < 4.78 is 3.07. The van der Waals surface area contributed by atoms with Crippen LogP contribution in [-0.4, -0.2) is 14.5 Å². The van der Waals surface area contributed by atoms with E-state index in [2.05, 4.69) is 60.1 Å². The standard InChI is InChI=1S/C16H23BrN4/c1-10(2)9-21-14(18)13(20-15(21)16(3,4)5)11-6-12(17)8-19-7-11/h6-8,10H,9,18H2,1-5H3. The van der Waals surface area contributed by atoms with Crippen LogP contribution in [-0.2, 0) is 12.0 Å². The number of hydrogen-bond acceptors (Lipinski definition) is 3. The Balaban J connectivity index is 2.61. The Hall–Kier alpha value is -1.36. The van der Waals surface area contributed by atoms with Gasteiger partial charge in [0.2, 0.25) is 0 Å². The molecule has 0 aliphatic carbocycles. The first kappa shape index (κ1) is 16.0. The Labute approximate surface area is 134 Å². The van der Waals surface area contributed by atoms with E-state index < -0.39 is 0 Å². The zero-order valence-electron chi connectivity index (χ0n) is 13.3. The molecule has 2 N–H and O–H groups in total. The lowest BCUT2D eigenvalue weighted by Gasteiger charge is -2.21. The molecule has 0 amide bonds. The first-order chi connectivity index (χ1) is 9.70. The number of nitrogens with two attached hydrogens (primary N) is 1. The van der Waals surface area contributed by atoms with Crippen LogP contribution in [0.2, 0.25) is 0 Å². The lowest BCUT2D eigenvalue weighted by molar-refractivity contribution is 0.455. The molecule has 2 heterocycles. The summed E-state index contributed by atoms with van der Waals surface area (Å²) in [4.78, 5) is 9.03. The second-order valence-corrected chi connectivity index (χ2v) is 7.73. The molecule has 21 heavy (non-hydrogen) atoms. The van der Waals surface area contributed by atoms with Crippen LogP contribution in [0, 0.1) is 5.92 Å². The summed E-state index contributed by atoms with van der Waals surface area (Å²) in [5.41, 5.74) is 8.09. The molecular weight excluding hydrogens is 328 g/mol. The maximum atomic E-state index is 6.39. The van der Waals surface area contributed by atoms with Crippen molar-refractivity contribution in [3.63, 3.8) is 0 Å². The second-order valence-electron chi connectivity index (χ2n) is 6.82. The van der Waals surface area contributed by atoms with Gasteiger partial charge in [-0.15, -0.1) is 0 Å². The van der Waals surface area contributed by atoms with E-state index in [4.69, 9.17) is 10.7 Å². The van der Waals surface area contributed by atoms with Crippen LogP contribution in [0.1, 0.15) is 40.4 Å². The molecule has 0 aliphatic heterocycles. The maximum absolute atomic E-state index is 6.39. The number of anilines is 1. The number of hydrogen-bond donors (Lipinski definition) is 1. The number of nitrogens with zero attached hydrogens (tertiary/aromatic N) is 3. The lowest BCUT2D eigenvalue weighted by Crippen LogP contribution is -2.21. The van der Waals surface area contributed by atoms with E-state index in [-0.39, 0.29) is 5.41 Å². The van der Waals surface area contributed by atoms with Crippen LogP contribution >= 0.6 is 15.9 Å². The monoisotopic (exact) mass is 350 g/mol. The molecule has 0 unspecified atom stereocenters. The zero-order valence-corrected chi connectivity index (χ0v) is 14.9. The van der Waals surface area contributed by atoms with E-state index in [0.717, 1.165) is 28.1 Å². The molecule has 0 atom stereocenters. The van der Waals surface area contributed by atoms with Gasteiger partial charge in [0.05, 0.1) is 0 Å². The number of pyridine rings is 1. The first-order valence-corrected chi connectivity index (χ1v) is 7.97. The van der Waals surface area contributed by atoms with Gasteiger partial charge in [0.25, 0.3) is 0 Å². The average Bonchev–Trinajstić information content (AvgIpc) is 2.66. The Morgan fingerprint density at radius 2 is 1.95 bits per heavy atom. The molecule has 4 nitrogen and oxygen atoms in total. The minimum Gasteiger partial charge on any atom is -0.383 e. The van der Waals surface area contributed by atoms with Crippen LogP contribution in [0.5, 0.6) is 0 Å². The van der Waals surface area contributed by atoms with Crippen molar-refractivity contribution in [2.75, 3.05) is 5.73 Å². The molecule has 0 fully saturated rings. The highest BCUT2D eigenvalue weighted by Crippen LogP contribution is 2.33. The van der Waals surface area contributed by atoms with Crippen LogP contribution in [0.25, 0.3) is 11.3 Å². The van der Waals surface area contributed by atoms with Crippen LogP contribution in [0.3, 0.4) is 0 Å². The summed E-state index contributed by atoms with van der Waals surface area (Å²) in [6, 6.07) is 2.00. The Bertz CT molecular complexity index is 638. The molecule has 0 aliphatic rings. The SMILES string of the molecule is CC(C)Cn1c(C(C)(C)C)nc(-c2cncc(Br)c2)c1N. The molecule has 0 radical (unpaired) electrons. The van der Waals surface area contributed by atoms with E-state index >= 15 is 0 Å². The van der Waals surface area contributed by atoms with Crippen molar-refractivity contribution in [3.8, 4) is 11.3 Å². The van der Waals surface area contributed by atoms with E-state index in [1.54, 1.807) is 12.4 Å². The fourth-order valence-electron chi connectivity index (χ4n) is 2.34. The molecule has 0 bridgehead atoms. The summed E-state index contributed by atoms with van der Waals surface area (Å²) in [7, 11) is 0. The smallest absolute Gasteiger partial charge is 0.131 e. The predicted molar refractivity (Wildman–Crippen MR) is 91.1 cm³/mol. The number of halogens is 1. The summed E-state index contributed by atoms with van der Waals surface area (Å²) in [6.07, 6.45) is 3.56. The van der Waals surface area contributed by atoms with E-state index in [1.807, 2.05) is 6.07 Å². The minimum atomic E-state index is -0.0549. The van der Waals surface area contributed by atoms with E-state index in [1.165, 1.54) is 0 Å². The number of rotatable bonds is 3. The van der Waals surface area contributed by atoms with Crippen molar-refractivity contribution >= 4 is 21.7 Å². The summed E-state index contributed by atoms with van der Waals surface area (Å²) in [5, 5.41) is 0. The van der Waals surface area contributed by atoms with Gasteiger partial charge in [-0.2, -0.15) is 0 Å². The van der Waals surface area contributed by atoms with Crippen LogP contribution in [0.4, 0.5) is 5.82 Å². The molecule has 0 saturated heterocycles. The molecule has 2 aromatic heterocycles. The molecule has 114 valence electrons. The fraction of sp³-hybridized carbons (Fsp3) is 0.500. The Morgan fingerprint density at radius 1 is 1.29 bits per heavy atom. The van der Waals surface area contributed by atoms with Gasteiger partial charge in [-0.25, -0.2) is 4.98 Å². The van der Waals surface area contributed by atoms with Crippen molar-refractivity contribution in [1.82, 2.24) is 14.5 Å². The highest BCUT2D eigenvalue weighted by atomic mass is 79.9. The first-order valence-electron chi connectivity index (χ1n) is 7.17. The second kappa shape index (κ2) is 5.79. The fourth-order valence-corrected chi connectivity index (χ4v) is 2.71. The lowest BCUT2D eigenvalue weighted by atomic mass is 9.95. The molecule has 2 aromatic rings. The van der Waals surface area contributed by atoms with Crippen molar-refractivity contribution in [2.45, 2.75) is 46.6 Å². The highest BCUT2D eigenvalue weighted by Gasteiger charge is 2.25. The summed E-state index contributed by atoms with van der Waals surface area (Å²) in [6.45, 7) is 11.7. The third-order valence-electron chi connectivity index (χ3n) is 3.20. The predicted octanol–water partition coefficient (Wildman–Crippen LogP) is 4.24. The topological polar surface area (TPSA) is 56.7 Å². The quantitative estimate of drug-likeness (QED) is 0.900. The van der Waals surface area contributed by atoms with Gasteiger partial charge in [0, 0.05) is 34.4 Å². The van der Waals surface area contributed by atoms with Crippen molar-refractivity contribution < 1.29 is 0 Å². The van der Waals surface area contributed by atoms with Crippen LogP contribution < -0.4 is 5.73 Å². The van der Waals surface area contributed by atoms with Gasteiger partial charge in [0.1, 0.15) is 17.3 Å².